The van der Waals surface area contributed by atoms with Crippen molar-refractivity contribution in [2.45, 2.75) is 45.3 Å². The minimum atomic E-state index is -0.661. The van der Waals surface area contributed by atoms with Crippen molar-refractivity contribution in [1.29, 1.82) is 0 Å². The summed E-state index contributed by atoms with van der Waals surface area (Å²) in [4.78, 5) is 27.9. The quantitative estimate of drug-likeness (QED) is 0.514. The van der Waals surface area contributed by atoms with Crippen LogP contribution in [0, 0.1) is 6.92 Å². The number of ether oxygens (including phenoxy) is 2. The Bertz CT molecular complexity index is 1350. The topological polar surface area (TPSA) is 72.8 Å². The van der Waals surface area contributed by atoms with Gasteiger partial charge < -0.3 is 24.3 Å². The zero-order valence-electron chi connectivity index (χ0n) is 20.9. The lowest BCUT2D eigenvalue weighted by Crippen LogP contribution is -2.50. The first-order valence-corrected chi connectivity index (χ1v) is 12.6. The molecule has 1 spiro atoms. The van der Waals surface area contributed by atoms with Gasteiger partial charge in [0.05, 0.1) is 17.5 Å². The van der Waals surface area contributed by atoms with E-state index in [1.165, 1.54) is 0 Å². The molecule has 3 heterocycles. The molecule has 1 saturated heterocycles. The van der Waals surface area contributed by atoms with E-state index in [2.05, 4.69) is 5.32 Å². The lowest BCUT2D eigenvalue weighted by Gasteiger charge is -2.45. The van der Waals surface area contributed by atoms with E-state index in [4.69, 9.17) is 21.1 Å². The van der Waals surface area contributed by atoms with Crippen molar-refractivity contribution in [1.82, 2.24) is 14.8 Å². The molecule has 3 aromatic rings. The van der Waals surface area contributed by atoms with Gasteiger partial charge in [0.2, 0.25) is 0 Å². The maximum Gasteiger partial charge on any atom is 0.268 e. The van der Waals surface area contributed by atoms with Gasteiger partial charge in [0.25, 0.3) is 11.8 Å². The van der Waals surface area contributed by atoms with E-state index in [-0.39, 0.29) is 19.3 Å². The molecule has 36 heavy (non-hydrogen) atoms. The van der Waals surface area contributed by atoms with Crippen molar-refractivity contribution in [3.05, 3.63) is 76.1 Å². The van der Waals surface area contributed by atoms with Gasteiger partial charge in [-0.05, 0) is 68.8 Å². The smallest absolute Gasteiger partial charge is 0.268 e. The molecule has 7 nitrogen and oxygen atoms in total. The molecular formula is C28H32ClN3O4. The van der Waals surface area contributed by atoms with Crippen LogP contribution in [0.1, 0.15) is 60.2 Å². The Kier molecular flexibility index (Phi) is 6.20. The van der Waals surface area contributed by atoms with Crippen molar-refractivity contribution >= 4 is 23.4 Å². The first kappa shape index (κ1) is 24.3. The molecule has 5 rings (SSSR count). The van der Waals surface area contributed by atoms with Gasteiger partial charge in [-0.15, -0.1) is 0 Å². The number of fused-ring (bicyclic) bond motifs is 4. The van der Waals surface area contributed by atoms with Crippen molar-refractivity contribution in [3.8, 4) is 17.2 Å². The summed E-state index contributed by atoms with van der Waals surface area (Å²) < 4.78 is 14.4. The highest BCUT2D eigenvalue weighted by Gasteiger charge is 2.46. The molecule has 0 atom stereocenters. The second-order valence-corrected chi connectivity index (χ2v) is 10.1. The average Bonchev–Trinajstić information content (AvgIpc) is 3.31. The van der Waals surface area contributed by atoms with E-state index >= 15 is 0 Å². The summed E-state index contributed by atoms with van der Waals surface area (Å²) in [6.45, 7) is 6.97. The van der Waals surface area contributed by atoms with Gasteiger partial charge >= 0.3 is 0 Å². The predicted octanol–water partition coefficient (Wildman–Crippen LogP) is 5.36. The van der Waals surface area contributed by atoms with Crippen LogP contribution in [0.15, 0.2) is 48.5 Å². The second-order valence-electron chi connectivity index (χ2n) is 9.67. The number of likely N-dealkylation sites (tertiary alicyclic amines) is 1. The normalized spacial score (nSPS) is 15.8. The minimum Gasteiger partial charge on any atom is -0.491 e. The van der Waals surface area contributed by atoms with Crippen LogP contribution >= 0.6 is 11.6 Å². The molecule has 190 valence electrons. The first-order chi connectivity index (χ1) is 17.2. The SMILES string of the molecule is CNC(=O)c1ccc2n1-c1ccc(Cl)cc1OC21CCN(C(=O)c2ccc(OC(C)C)c(C)c2)CC1.[HH]. The Morgan fingerprint density at radius 2 is 1.86 bits per heavy atom. The molecule has 2 aliphatic heterocycles. The van der Waals surface area contributed by atoms with Crippen molar-refractivity contribution in [3.63, 3.8) is 0 Å². The Morgan fingerprint density at radius 3 is 2.53 bits per heavy atom. The number of rotatable bonds is 4. The highest BCUT2D eigenvalue weighted by molar-refractivity contribution is 6.30. The summed E-state index contributed by atoms with van der Waals surface area (Å²) in [6, 6.07) is 14.8. The summed E-state index contributed by atoms with van der Waals surface area (Å²) >= 11 is 6.29. The number of aryl methyl sites for hydroxylation is 1. The van der Waals surface area contributed by atoms with Crippen LogP contribution in [0.5, 0.6) is 11.5 Å². The second kappa shape index (κ2) is 9.21. The van der Waals surface area contributed by atoms with Crippen LogP contribution in [0.3, 0.4) is 0 Å². The molecule has 1 N–H and O–H groups in total. The Morgan fingerprint density at radius 1 is 1.11 bits per heavy atom. The Labute approximate surface area is 217 Å². The van der Waals surface area contributed by atoms with E-state index in [0.29, 0.717) is 48.0 Å². The summed E-state index contributed by atoms with van der Waals surface area (Å²) in [5, 5.41) is 3.29. The third kappa shape index (κ3) is 4.11. The average molecular weight is 510 g/mol. The zero-order valence-corrected chi connectivity index (χ0v) is 21.7. The monoisotopic (exact) mass is 509 g/mol. The molecule has 0 bridgehead atoms. The third-order valence-corrected chi connectivity index (χ3v) is 7.15. The standard InChI is InChI=1S/C28H30ClN3O4.H2/c1-17(2)35-23-9-5-19(15-18(23)3)27(34)31-13-11-28(12-14-31)25-10-8-22(26(33)30-4)32(25)21-7-6-20(29)16-24(21)36-28;/h5-10,15-17H,11-14H2,1-4H3,(H,30,33);1H. The van der Waals surface area contributed by atoms with Crippen LogP contribution in [-0.4, -0.2) is 47.5 Å². The number of halogens is 1. The number of piperidine rings is 1. The van der Waals surface area contributed by atoms with Crippen LogP contribution in [0.2, 0.25) is 5.02 Å². The number of aromatic nitrogens is 1. The highest BCUT2D eigenvalue weighted by Crippen LogP contribution is 2.46. The molecule has 1 fully saturated rings. The first-order valence-electron chi connectivity index (χ1n) is 12.2. The number of carbonyl (C=O) groups excluding carboxylic acids is 2. The van der Waals surface area contributed by atoms with E-state index < -0.39 is 5.60 Å². The lowest BCUT2D eigenvalue weighted by molar-refractivity contribution is -0.00942. The number of benzene rings is 2. The molecular weight excluding hydrogens is 478 g/mol. The number of nitrogens with one attached hydrogen (secondary N) is 1. The van der Waals surface area contributed by atoms with E-state index in [9.17, 15) is 9.59 Å². The summed E-state index contributed by atoms with van der Waals surface area (Å²) in [7, 11) is 1.62. The minimum absolute atomic E-state index is 0. The summed E-state index contributed by atoms with van der Waals surface area (Å²) in [5.41, 5.74) is 3.15. The van der Waals surface area contributed by atoms with Gasteiger partial charge in [0, 0.05) is 51.1 Å². The summed E-state index contributed by atoms with van der Waals surface area (Å²) in [5.74, 6) is 1.24. The van der Waals surface area contributed by atoms with Gasteiger partial charge in [-0.25, -0.2) is 0 Å². The fourth-order valence-electron chi connectivity index (χ4n) is 5.15. The molecule has 2 aromatic carbocycles. The van der Waals surface area contributed by atoms with Crippen molar-refractivity contribution in [2.75, 3.05) is 20.1 Å². The fraction of sp³-hybridized carbons (Fsp3) is 0.357. The van der Waals surface area contributed by atoms with Gasteiger partial charge in [-0.1, -0.05) is 11.6 Å². The van der Waals surface area contributed by atoms with Crippen molar-refractivity contribution in [2.24, 2.45) is 0 Å². The van der Waals surface area contributed by atoms with E-state index in [1.54, 1.807) is 19.2 Å². The van der Waals surface area contributed by atoms with E-state index in [1.807, 2.05) is 66.6 Å². The molecule has 0 saturated carbocycles. The number of hydrogen-bond acceptors (Lipinski definition) is 4. The van der Waals surface area contributed by atoms with Crippen LogP contribution in [-0.2, 0) is 5.60 Å². The van der Waals surface area contributed by atoms with Gasteiger partial charge in [-0.3, -0.25) is 9.59 Å². The Balaban J connectivity index is 0.00000320. The third-order valence-electron chi connectivity index (χ3n) is 6.92. The van der Waals surface area contributed by atoms with Gasteiger partial charge in [0.15, 0.2) is 5.60 Å². The number of carbonyl (C=O) groups is 2. The van der Waals surface area contributed by atoms with Crippen molar-refractivity contribution < 1.29 is 20.5 Å². The largest absolute Gasteiger partial charge is 0.491 e. The molecule has 0 radical (unpaired) electrons. The predicted molar refractivity (Wildman–Crippen MR) is 141 cm³/mol. The molecule has 2 aliphatic rings. The van der Waals surface area contributed by atoms with Gasteiger partial charge in [0.1, 0.15) is 17.2 Å². The molecule has 8 heteroatoms. The van der Waals surface area contributed by atoms with Gasteiger partial charge in [-0.2, -0.15) is 0 Å². The summed E-state index contributed by atoms with van der Waals surface area (Å²) in [6.07, 6.45) is 1.26. The van der Waals surface area contributed by atoms with Crippen LogP contribution in [0.25, 0.3) is 5.69 Å². The van der Waals surface area contributed by atoms with E-state index in [0.717, 1.165) is 22.7 Å². The molecule has 2 amide bonds. The number of amides is 2. The maximum absolute atomic E-state index is 13.3. The number of nitrogens with zero attached hydrogens (tertiary/aromatic N) is 2. The van der Waals surface area contributed by atoms with Crippen LogP contribution < -0.4 is 14.8 Å². The highest BCUT2D eigenvalue weighted by atomic mass is 35.5. The molecule has 0 aliphatic carbocycles. The molecule has 0 unspecified atom stereocenters. The Hall–Kier alpha value is -3.45. The van der Waals surface area contributed by atoms with Crippen LogP contribution in [0.4, 0.5) is 0 Å². The number of hydrogen-bond donors (Lipinski definition) is 1. The lowest BCUT2D eigenvalue weighted by atomic mass is 9.86. The zero-order chi connectivity index (χ0) is 25.6. The molecule has 1 aromatic heterocycles. The maximum atomic E-state index is 13.3. The fourth-order valence-corrected chi connectivity index (χ4v) is 5.32.